The van der Waals surface area contributed by atoms with Gasteiger partial charge in [-0.3, -0.25) is 9.36 Å². The zero-order chi connectivity index (χ0) is 23.1. The van der Waals surface area contributed by atoms with Gasteiger partial charge in [-0.15, -0.1) is 0 Å². The lowest BCUT2D eigenvalue weighted by Crippen LogP contribution is -2.31. The highest BCUT2D eigenvalue weighted by atomic mass is 32.2. The molecule has 2 aromatic rings. The summed E-state index contributed by atoms with van der Waals surface area (Å²) in [6.07, 6.45) is 7.57. The van der Waals surface area contributed by atoms with Gasteiger partial charge in [-0.2, -0.15) is 4.98 Å². The number of benzene rings is 1. The molecule has 8 nitrogen and oxygen atoms in total. The van der Waals surface area contributed by atoms with E-state index in [1.54, 1.807) is 24.3 Å². The van der Waals surface area contributed by atoms with Crippen LogP contribution in [0.15, 0.2) is 40.0 Å². The summed E-state index contributed by atoms with van der Waals surface area (Å²) in [5.74, 6) is -2.16. The average Bonchev–Trinajstić information content (AvgIpc) is 2.78. The van der Waals surface area contributed by atoms with Gasteiger partial charge in [0.15, 0.2) is 14.7 Å². The van der Waals surface area contributed by atoms with Gasteiger partial charge in [-0.05, 0) is 18.4 Å². The Morgan fingerprint density at radius 2 is 1.62 bits per heavy atom. The van der Waals surface area contributed by atoms with Crippen LogP contribution < -0.4 is 5.56 Å². The van der Waals surface area contributed by atoms with Crippen LogP contribution in [0.1, 0.15) is 74.0 Å². The number of esters is 1. The lowest BCUT2D eigenvalue weighted by molar-refractivity contribution is 0.0449. The second-order valence-corrected chi connectivity index (χ2v) is 10.4. The van der Waals surface area contributed by atoms with Crippen molar-refractivity contribution in [3.8, 4) is 5.88 Å². The minimum Gasteiger partial charge on any atom is -0.493 e. The van der Waals surface area contributed by atoms with E-state index in [9.17, 15) is 23.1 Å². The Morgan fingerprint density at radius 3 is 2.22 bits per heavy atom. The molecule has 1 aliphatic carbocycles. The molecule has 32 heavy (non-hydrogen) atoms. The quantitative estimate of drug-likeness (QED) is 0.676. The summed E-state index contributed by atoms with van der Waals surface area (Å²) in [5.41, 5.74) is -0.394. The van der Waals surface area contributed by atoms with Crippen molar-refractivity contribution >= 4 is 15.8 Å². The molecule has 1 fully saturated rings. The van der Waals surface area contributed by atoms with Gasteiger partial charge >= 0.3 is 5.97 Å². The van der Waals surface area contributed by atoms with Crippen molar-refractivity contribution < 1.29 is 23.1 Å². The van der Waals surface area contributed by atoms with E-state index in [2.05, 4.69) is 4.98 Å². The highest BCUT2D eigenvalue weighted by molar-refractivity contribution is 7.92. The number of nitrogens with zero attached hydrogens (tertiary/aromatic N) is 2. The standard InChI is InChI=1S/C23H30N2O6S/c1-25-20(23(28)31-16-17-12-8-7-9-13-17)24-21(26)19(22(25)27)32(29,30)18-14-10-5-3-2-4-6-11-15-18/h7-9,12-13,18,27H,2-6,10-11,14-16H2,1H3. The van der Waals surface area contributed by atoms with E-state index in [1.807, 2.05) is 6.07 Å². The van der Waals surface area contributed by atoms with Crippen LogP contribution >= 0.6 is 0 Å². The average molecular weight is 463 g/mol. The molecule has 1 aliphatic rings. The van der Waals surface area contributed by atoms with Gasteiger partial charge in [0, 0.05) is 7.05 Å². The van der Waals surface area contributed by atoms with Crippen molar-refractivity contribution in [2.75, 3.05) is 0 Å². The predicted octanol–water partition coefficient (Wildman–Crippen LogP) is 3.51. The van der Waals surface area contributed by atoms with Gasteiger partial charge in [0.25, 0.3) is 5.56 Å². The Balaban J connectivity index is 1.86. The molecule has 0 atom stereocenters. The monoisotopic (exact) mass is 462 g/mol. The lowest BCUT2D eigenvalue weighted by atomic mass is 10.0. The molecule has 1 saturated carbocycles. The Morgan fingerprint density at radius 1 is 1.06 bits per heavy atom. The molecule has 1 aromatic heterocycles. The molecule has 1 aromatic carbocycles. The maximum absolute atomic E-state index is 13.3. The van der Waals surface area contributed by atoms with Crippen LogP contribution in [0.5, 0.6) is 5.88 Å². The molecule has 174 valence electrons. The fraction of sp³-hybridized carbons (Fsp3) is 0.522. The van der Waals surface area contributed by atoms with Gasteiger partial charge in [0.05, 0.1) is 5.25 Å². The van der Waals surface area contributed by atoms with Crippen molar-refractivity contribution in [1.82, 2.24) is 9.55 Å². The lowest BCUT2D eigenvalue weighted by Gasteiger charge is -2.20. The van der Waals surface area contributed by atoms with Crippen molar-refractivity contribution in [3.05, 3.63) is 52.1 Å². The number of sulfone groups is 1. The Bertz CT molecular complexity index is 1090. The van der Waals surface area contributed by atoms with Gasteiger partial charge < -0.3 is 9.84 Å². The molecule has 0 unspecified atom stereocenters. The normalized spacial score (nSPS) is 16.4. The van der Waals surface area contributed by atoms with Gasteiger partial charge in [-0.25, -0.2) is 13.2 Å². The summed E-state index contributed by atoms with van der Waals surface area (Å²) in [5, 5.41) is 9.87. The molecule has 1 N–H and O–H groups in total. The van der Waals surface area contributed by atoms with E-state index < -0.39 is 43.2 Å². The smallest absolute Gasteiger partial charge is 0.375 e. The maximum atomic E-state index is 13.3. The third kappa shape index (κ3) is 5.56. The predicted molar refractivity (Wildman–Crippen MR) is 119 cm³/mol. The van der Waals surface area contributed by atoms with Crippen molar-refractivity contribution in [1.29, 1.82) is 0 Å². The first-order valence-corrected chi connectivity index (χ1v) is 12.6. The molecule has 0 aliphatic heterocycles. The summed E-state index contributed by atoms with van der Waals surface area (Å²) in [4.78, 5) is 28.1. The van der Waals surface area contributed by atoms with Gasteiger partial charge in [-0.1, -0.05) is 75.3 Å². The third-order valence-corrected chi connectivity index (χ3v) is 8.19. The van der Waals surface area contributed by atoms with E-state index in [0.717, 1.165) is 55.1 Å². The summed E-state index contributed by atoms with van der Waals surface area (Å²) in [7, 11) is -2.82. The van der Waals surface area contributed by atoms with E-state index in [1.165, 1.54) is 7.05 Å². The van der Waals surface area contributed by atoms with Crippen molar-refractivity contribution in [2.24, 2.45) is 7.05 Å². The topological polar surface area (TPSA) is 116 Å². The molecule has 0 amide bonds. The Labute approximate surface area is 188 Å². The van der Waals surface area contributed by atoms with Crippen LogP contribution in [-0.4, -0.2) is 34.3 Å². The molecule has 1 heterocycles. The number of carbonyl (C=O) groups excluding carboxylic acids is 1. The maximum Gasteiger partial charge on any atom is 0.375 e. The summed E-state index contributed by atoms with van der Waals surface area (Å²) >= 11 is 0. The fourth-order valence-corrected chi connectivity index (χ4v) is 6.01. The molecule has 0 radical (unpaired) electrons. The van der Waals surface area contributed by atoms with Crippen molar-refractivity contribution in [2.45, 2.75) is 74.5 Å². The molecule has 0 bridgehead atoms. The molecular formula is C23H30N2O6S. The van der Waals surface area contributed by atoms with Crippen LogP contribution in [0.25, 0.3) is 0 Å². The fourth-order valence-electron chi connectivity index (χ4n) is 4.04. The van der Waals surface area contributed by atoms with Crippen LogP contribution in [-0.2, 0) is 28.2 Å². The molecule has 0 saturated heterocycles. The second-order valence-electron chi connectivity index (χ2n) is 8.23. The number of aromatic nitrogens is 2. The third-order valence-electron chi connectivity index (χ3n) is 5.91. The number of ether oxygens (including phenoxy) is 1. The number of hydrogen-bond donors (Lipinski definition) is 1. The van der Waals surface area contributed by atoms with Gasteiger partial charge in [0.2, 0.25) is 11.7 Å². The molecule has 3 rings (SSSR count). The Kier molecular flexibility index (Phi) is 8.06. The van der Waals surface area contributed by atoms with E-state index in [0.29, 0.717) is 12.8 Å². The SMILES string of the molecule is Cn1c(C(=O)OCc2ccccc2)nc(=O)c(S(=O)(=O)C2CCCCCCCCC2)c1O. The number of aromatic hydroxyl groups is 1. The van der Waals surface area contributed by atoms with Crippen LogP contribution in [0.4, 0.5) is 0 Å². The summed E-state index contributed by atoms with van der Waals surface area (Å²) < 4.78 is 32.7. The minimum atomic E-state index is -4.11. The van der Waals surface area contributed by atoms with Gasteiger partial charge in [0.1, 0.15) is 6.61 Å². The zero-order valence-electron chi connectivity index (χ0n) is 18.3. The first-order valence-electron chi connectivity index (χ1n) is 11.1. The van der Waals surface area contributed by atoms with Crippen LogP contribution in [0, 0.1) is 0 Å². The molecule has 9 heteroatoms. The first-order chi connectivity index (χ1) is 15.3. The minimum absolute atomic E-state index is 0.0432. The highest BCUT2D eigenvalue weighted by Gasteiger charge is 2.35. The zero-order valence-corrected chi connectivity index (χ0v) is 19.1. The Hall–Kier alpha value is -2.68. The highest BCUT2D eigenvalue weighted by Crippen LogP contribution is 2.29. The summed E-state index contributed by atoms with van der Waals surface area (Å²) in [6.45, 7) is -0.0432. The largest absolute Gasteiger partial charge is 0.493 e. The van der Waals surface area contributed by atoms with E-state index >= 15 is 0 Å². The van der Waals surface area contributed by atoms with E-state index in [-0.39, 0.29) is 6.61 Å². The molecular weight excluding hydrogens is 432 g/mol. The van der Waals surface area contributed by atoms with Crippen LogP contribution in [0.2, 0.25) is 0 Å². The molecule has 0 spiro atoms. The van der Waals surface area contributed by atoms with Crippen molar-refractivity contribution in [3.63, 3.8) is 0 Å². The summed E-state index contributed by atoms with van der Waals surface area (Å²) in [6, 6.07) is 8.95. The van der Waals surface area contributed by atoms with Crippen LogP contribution in [0.3, 0.4) is 0 Å². The second kappa shape index (κ2) is 10.8. The first kappa shape index (κ1) is 24.0. The number of hydrogen-bond acceptors (Lipinski definition) is 7. The van der Waals surface area contributed by atoms with E-state index in [4.69, 9.17) is 4.74 Å². The number of carbonyl (C=O) groups is 1. The number of rotatable bonds is 5.